The van der Waals surface area contributed by atoms with Gasteiger partial charge in [0.25, 0.3) is 0 Å². The molecule has 0 spiro atoms. The van der Waals surface area contributed by atoms with E-state index in [-0.39, 0.29) is 0 Å². The lowest BCUT2D eigenvalue weighted by Gasteiger charge is -2.37. The summed E-state index contributed by atoms with van der Waals surface area (Å²) in [7, 11) is 0. The summed E-state index contributed by atoms with van der Waals surface area (Å²) in [6.07, 6.45) is 2.80. The van der Waals surface area contributed by atoms with Crippen LogP contribution < -0.4 is 5.32 Å². The van der Waals surface area contributed by atoms with Gasteiger partial charge in [0.1, 0.15) is 0 Å². The minimum Gasteiger partial charge on any atom is -0.378 e. The third-order valence-electron chi connectivity index (χ3n) is 3.73. The number of aryl methyl sites for hydroxylation is 2. The number of rotatable bonds is 5. The Balaban J connectivity index is 1.87. The van der Waals surface area contributed by atoms with E-state index in [4.69, 9.17) is 4.74 Å². The third-order valence-corrected chi connectivity index (χ3v) is 3.73. The van der Waals surface area contributed by atoms with Crippen molar-refractivity contribution in [2.75, 3.05) is 6.61 Å². The van der Waals surface area contributed by atoms with Crippen molar-refractivity contribution in [2.24, 2.45) is 0 Å². The Morgan fingerprint density at radius 3 is 2.39 bits per heavy atom. The second kappa shape index (κ2) is 5.85. The zero-order chi connectivity index (χ0) is 13.1. The third kappa shape index (κ3) is 3.33. The number of benzene rings is 1. The Morgan fingerprint density at radius 2 is 1.83 bits per heavy atom. The summed E-state index contributed by atoms with van der Waals surface area (Å²) in [4.78, 5) is 0. The zero-order valence-corrected chi connectivity index (χ0v) is 12.0. The van der Waals surface area contributed by atoms with Gasteiger partial charge in [-0.25, -0.2) is 0 Å². The maximum Gasteiger partial charge on any atom is 0.0604 e. The standard InChI is InChI=1S/C16H25NO/c1-5-18-16-9-15(10-16)17-13(4)14-7-11(2)6-12(3)8-14/h6-8,13,15-17H,5,9-10H2,1-4H3. The smallest absolute Gasteiger partial charge is 0.0604 e. The van der Waals surface area contributed by atoms with Gasteiger partial charge in [0.05, 0.1) is 6.10 Å². The van der Waals surface area contributed by atoms with Crippen LogP contribution >= 0.6 is 0 Å². The number of nitrogens with one attached hydrogen (secondary N) is 1. The largest absolute Gasteiger partial charge is 0.378 e. The Bertz CT molecular complexity index is 376. The van der Waals surface area contributed by atoms with Gasteiger partial charge in [-0.3, -0.25) is 0 Å². The highest BCUT2D eigenvalue weighted by molar-refractivity contribution is 5.30. The van der Waals surface area contributed by atoms with Crippen LogP contribution in [0.15, 0.2) is 18.2 Å². The van der Waals surface area contributed by atoms with Gasteiger partial charge in [-0.1, -0.05) is 29.3 Å². The fraction of sp³-hybridized carbons (Fsp3) is 0.625. The minimum atomic E-state index is 0.427. The van der Waals surface area contributed by atoms with Crippen molar-refractivity contribution < 1.29 is 4.74 Å². The van der Waals surface area contributed by atoms with E-state index >= 15 is 0 Å². The average Bonchev–Trinajstić information content (AvgIpc) is 2.24. The fourth-order valence-electron chi connectivity index (χ4n) is 2.78. The maximum atomic E-state index is 5.59. The highest BCUT2D eigenvalue weighted by Gasteiger charge is 2.30. The molecule has 2 nitrogen and oxygen atoms in total. The second-order valence-electron chi connectivity index (χ2n) is 5.56. The molecular formula is C16H25NO. The van der Waals surface area contributed by atoms with E-state index < -0.39 is 0 Å². The summed E-state index contributed by atoms with van der Waals surface area (Å²) in [6, 6.07) is 7.84. The van der Waals surface area contributed by atoms with Crippen LogP contribution in [-0.4, -0.2) is 18.8 Å². The molecule has 0 amide bonds. The van der Waals surface area contributed by atoms with E-state index in [2.05, 4.69) is 51.2 Å². The van der Waals surface area contributed by atoms with Crippen LogP contribution in [0.5, 0.6) is 0 Å². The predicted molar refractivity (Wildman–Crippen MR) is 75.9 cm³/mol. The van der Waals surface area contributed by atoms with E-state index in [1.54, 1.807) is 0 Å². The molecule has 2 heteroatoms. The maximum absolute atomic E-state index is 5.59. The highest BCUT2D eigenvalue weighted by atomic mass is 16.5. The highest BCUT2D eigenvalue weighted by Crippen LogP contribution is 2.26. The minimum absolute atomic E-state index is 0.427. The number of hydrogen-bond acceptors (Lipinski definition) is 2. The van der Waals surface area contributed by atoms with Gasteiger partial charge in [-0.15, -0.1) is 0 Å². The van der Waals surface area contributed by atoms with Crippen LogP contribution in [0, 0.1) is 13.8 Å². The summed E-state index contributed by atoms with van der Waals surface area (Å²) < 4.78 is 5.59. The first-order chi connectivity index (χ1) is 8.58. The van der Waals surface area contributed by atoms with Crippen LogP contribution in [0.3, 0.4) is 0 Å². The predicted octanol–water partition coefficient (Wildman–Crippen LogP) is 3.52. The molecule has 1 aliphatic carbocycles. The number of hydrogen-bond donors (Lipinski definition) is 1. The van der Waals surface area contributed by atoms with Gasteiger partial charge in [0.15, 0.2) is 0 Å². The van der Waals surface area contributed by atoms with Crippen LogP contribution in [0.2, 0.25) is 0 Å². The van der Waals surface area contributed by atoms with Crippen molar-refractivity contribution in [1.29, 1.82) is 0 Å². The van der Waals surface area contributed by atoms with Crippen molar-refractivity contribution in [1.82, 2.24) is 5.32 Å². The van der Waals surface area contributed by atoms with Gasteiger partial charge >= 0.3 is 0 Å². The molecule has 1 N–H and O–H groups in total. The molecule has 0 bridgehead atoms. The molecule has 100 valence electrons. The van der Waals surface area contributed by atoms with Crippen molar-refractivity contribution in [3.8, 4) is 0 Å². The molecule has 0 aliphatic heterocycles. The SMILES string of the molecule is CCOC1CC(NC(C)c2cc(C)cc(C)c2)C1. The van der Waals surface area contributed by atoms with E-state index in [0.29, 0.717) is 18.2 Å². The molecule has 18 heavy (non-hydrogen) atoms. The fourth-order valence-corrected chi connectivity index (χ4v) is 2.78. The van der Waals surface area contributed by atoms with E-state index in [1.165, 1.54) is 16.7 Å². The van der Waals surface area contributed by atoms with E-state index in [0.717, 1.165) is 19.4 Å². The van der Waals surface area contributed by atoms with Crippen molar-refractivity contribution in [3.05, 3.63) is 34.9 Å². The van der Waals surface area contributed by atoms with Crippen LogP contribution in [0.25, 0.3) is 0 Å². The van der Waals surface area contributed by atoms with Crippen molar-refractivity contribution >= 4 is 0 Å². The first-order valence-electron chi connectivity index (χ1n) is 7.04. The Hall–Kier alpha value is -0.860. The summed E-state index contributed by atoms with van der Waals surface area (Å²) >= 11 is 0. The first-order valence-corrected chi connectivity index (χ1v) is 7.04. The molecule has 0 heterocycles. The summed E-state index contributed by atoms with van der Waals surface area (Å²) in [5, 5.41) is 3.70. The van der Waals surface area contributed by atoms with Gasteiger partial charge in [-0.05, 0) is 46.1 Å². The summed E-state index contributed by atoms with van der Waals surface area (Å²) in [6.45, 7) is 9.49. The lowest BCUT2D eigenvalue weighted by atomic mass is 9.88. The lowest BCUT2D eigenvalue weighted by Crippen LogP contribution is -2.46. The van der Waals surface area contributed by atoms with Crippen LogP contribution in [0.4, 0.5) is 0 Å². The molecule has 1 fully saturated rings. The zero-order valence-electron chi connectivity index (χ0n) is 12.0. The molecule has 1 unspecified atom stereocenters. The summed E-state index contributed by atoms with van der Waals surface area (Å²) in [5.41, 5.74) is 4.09. The first kappa shape index (κ1) is 13.6. The van der Waals surface area contributed by atoms with Gasteiger partial charge in [-0.2, -0.15) is 0 Å². The average molecular weight is 247 g/mol. The van der Waals surface area contributed by atoms with Crippen LogP contribution in [0.1, 0.15) is 49.4 Å². The lowest BCUT2D eigenvalue weighted by molar-refractivity contribution is -0.0120. The summed E-state index contributed by atoms with van der Waals surface area (Å²) in [5.74, 6) is 0. The van der Waals surface area contributed by atoms with Gasteiger partial charge in [0.2, 0.25) is 0 Å². The Labute approximate surface area is 111 Å². The molecule has 0 aromatic heterocycles. The number of ether oxygens (including phenoxy) is 1. The van der Waals surface area contributed by atoms with Gasteiger partial charge in [0, 0.05) is 18.7 Å². The van der Waals surface area contributed by atoms with Crippen molar-refractivity contribution in [2.45, 2.75) is 58.7 Å². The van der Waals surface area contributed by atoms with Crippen molar-refractivity contribution in [3.63, 3.8) is 0 Å². The second-order valence-corrected chi connectivity index (χ2v) is 5.56. The van der Waals surface area contributed by atoms with E-state index in [1.807, 2.05) is 0 Å². The topological polar surface area (TPSA) is 21.3 Å². The molecule has 1 aliphatic rings. The van der Waals surface area contributed by atoms with Crippen LogP contribution in [-0.2, 0) is 4.74 Å². The molecule has 1 atom stereocenters. The molecule has 1 saturated carbocycles. The normalized spacial score (nSPS) is 24.7. The molecule has 1 aromatic carbocycles. The Kier molecular flexibility index (Phi) is 4.41. The molecule has 0 saturated heterocycles. The monoisotopic (exact) mass is 247 g/mol. The quantitative estimate of drug-likeness (QED) is 0.859. The molecule has 0 radical (unpaired) electrons. The molecular weight excluding hydrogens is 222 g/mol. The van der Waals surface area contributed by atoms with Gasteiger partial charge < -0.3 is 10.1 Å². The molecule has 1 aromatic rings. The molecule has 2 rings (SSSR count). The Morgan fingerprint density at radius 1 is 1.22 bits per heavy atom. The van der Waals surface area contributed by atoms with E-state index in [9.17, 15) is 0 Å².